The van der Waals surface area contributed by atoms with Gasteiger partial charge in [0.15, 0.2) is 0 Å². The number of carbonyl (C=O) groups excluding carboxylic acids is 1. The van der Waals surface area contributed by atoms with Crippen LogP contribution in [0.2, 0.25) is 0 Å². The van der Waals surface area contributed by atoms with Gasteiger partial charge in [0.2, 0.25) is 5.91 Å². The van der Waals surface area contributed by atoms with Crippen molar-refractivity contribution in [3.63, 3.8) is 0 Å². The first-order valence-corrected chi connectivity index (χ1v) is 11.6. The number of aryl methyl sites for hydroxylation is 3. The fourth-order valence-electron chi connectivity index (χ4n) is 4.05. The Morgan fingerprint density at radius 2 is 1.67 bits per heavy atom. The monoisotopic (exact) mass is 441 g/mol. The van der Waals surface area contributed by atoms with E-state index in [0.717, 1.165) is 58.7 Å². The van der Waals surface area contributed by atoms with Crippen LogP contribution in [0.25, 0.3) is 11.0 Å². The minimum Gasteiger partial charge on any atom is -0.491 e. The highest BCUT2D eigenvalue weighted by molar-refractivity contribution is 5.79. The molecule has 5 nitrogen and oxygen atoms in total. The summed E-state index contributed by atoms with van der Waals surface area (Å²) in [4.78, 5) is 17.2. The van der Waals surface area contributed by atoms with Crippen molar-refractivity contribution in [2.45, 2.75) is 39.7 Å². The molecule has 4 aromatic rings. The van der Waals surface area contributed by atoms with Crippen molar-refractivity contribution in [1.29, 1.82) is 0 Å². The summed E-state index contributed by atoms with van der Waals surface area (Å²) >= 11 is 0. The van der Waals surface area contributed by atoms with Crippen LogP contribution >= 0.6 is 0 Å². The standard InChI is InChI=1S/C28H31N3O2/c1-21-10-3-5-12-23(21)20-28(32)29-17-9-16-27-30-24-13-6-7-14-25(24)31(27)18-19-33-26-15-8-4-11-22(26)2/h3-8,10-15H,9,16-20H2,1-2H3,(H,29,32). The predicted octanol–water partition coefficient (Wildman–Crippen LogP) is 5.02. The topological polar surface area (TPSA) is 56.2 Å². The zero-order valence-corrected chi connectivity index (χ0v) is 19.4. The summed E-state index contributed by atoms with van der Waals surface area (Å²) in [5, 5.41) is 3.05. The maximum Gasteiger partial charge on any atom is 0.224 e. The number of benzene rings is 3. The molecule has 0 saturated heterocycles. The normalized spacial score (nSPS) is 11.0. The molecule has 0 fully saturated rings. The van der Waals surface area contributed by atoms with Crippen LogP contribution in [0.15, 0.2) is 72.8 Å². The number of imidazole rings is 1. The molecule has 1 aromatic heterocycles. The van der Waals surface area contributed by atoms with Crippen LogP contribution in [0.4, 0.5) is 0 Å². The first-order chi connectivity index (χ1) is 16.1. The molecule has 0 unspecified atom stereocenters. The van der Waals surface area contributed by atoms with Crippen LogP contribution in [0.3, 0.4) is 0 Å². The second-order valence-electron chi connectivity index (χ2n) is 8.34. The molecule has 0 bridgehead atoms. The number of para-hydroxylation sites is 3. The lowest BCUT2D eigenvalue weighted by Gasteiger charge is -2.12. The fraction of sp³-hybridized carbons (Fsp3) is 0.286. The zero-order valence-electron chi connectivity index (χ0n) is 19.4. The lowest BCUT2D eigenvalue weighted by Crippen LogP contribution is -2.26. The molecule has 3 aromatic carbocycles. The van der Waals surface area contributed by atoms with Gasteiger partial charge >= 0.3 is 0 Å². The Morgan fingerprint density at radius 1 is 0.939 bits per heavy atom. The van der Waals surface area contributed by atoms with E-state index in [2.05, 4.69) is 28.9 Å². The number of fused-ring (bicyclic) bond motifs is 1. The summed E-state index contributed by atoms with van der Waals surface area (Å²) in [5.74, 6) is 2.00. The molecule has 1 amide bonds. The van der Waals surface area contributed by atoms with Gasteiger partial charge in [-0.1, -0.05) is 54.6 Å². The van der Waals surface area contributed by atoms with Gasteiger partial charge in [-0.05, 0) is 55.2 Å². The quantitative estimate of drug-likeness (QED) is 0.352. The zero-order chi connectivity index (χ0) is 23.0. The molecule has 5 heteroatoms. The van der Waals surface area contributed by atoms with E-state index in [0.29, 0.717) is 19.6 Å². The number of aromatic nitrogens is 2. The molecule has 0 atom stereocenters. The van der Waals surface area contributed by atoms with Gasteiger partial charge in [-0.25, -0.2) is 4.98 Å². The number of carbonyl (C=O) groups is 1. The fourth-order valence-corrected chi connectivity index (χ4v) is 4.05. The minimum absolute atomic E-state index is 0.0597. The maximum atomic E-state index is 12.3. The van der Waals surface area contributed by atoms with Gasteiger partial charge in [-0.15, -0.1) is 0 Å². The first kappa shape index (κ1) is 22.6. The lowest BCUT2D eigenvalue weighted by molar-refractivity contribution is -0.120. The lowest BCUT2D eigenvalue weighted by atomic mass is 10.1. The average molecular weight is 442 g/mol. The van der Waals surface area contributed by atoms with Crippen molar-refractivity contribution in [2.24, 2.45) is 0 Å². The minimum atomic E-state index is 0.0597. The second kappa shape index (κ2) is 10.8. The number of nitrogens with one attached hydrogen (secondary N) is 1. The Kier molecular flexibility index (Phi) is 7.40. The summed E-state index contributed by atoms with van der Waals surface area (Å²) in [6.45, 7) is 6.03. The van der Waals surface area contributed by atoms with Gasteiger partial charge in [0.1, 0.15) is 18.2 Å². The molecule has 170 valence electrons. The van der Waals surface area contributed by atoms with Crippen molar-refractivity contribution in [1.82, 2.24) is 14.9 Å². The van der Waals surface area contributed by atoms with Crippen LogP contribution < -0.4 is 10.1 Å². The number of hydrogen-bond acceptors (Lipinski definition) is 3. The molecule has 0 aliphatic rings. The van der Waals surface area contributed by atoms with E-state index in [1.54, 1.807) is 0 Å². The Labute approximate surface area is 195 Å². The maximum absolute atomic E-state index is 12.3. The highest BCUT2D eigenvalue weighted by Gasteiger charge is 2.11. The average Bonchev–Trinajstić information content (AvgIpc) is 3.17. The first-order valence-electron chi connectivity index (χ1n) is 11.6. The van der Waals surface area contributed by atoms with E-state index >= 15 is 0 Å². The van der Waals surface area contributed by atoms with Crippen LogP contribution in [-0.4, -0.2) is 28.6 Å². The third-order valence-corrected chi connectivity index (χ3v) is 5.91. The van der Waals surface area contributed by atoms with Gasteiger partial charge in [-0.3, -0.25) is 4.79 Å². The van der Waals surface area contributed by atoms with Gasteiger partial charge < -0.3 is 14.6 Å². The van der Waals surface area contributed by atoms with Crippen LogP contribution in [0.5, 0.6) is 5.75 Å². The number of ether oxygens (including phenoxy) is 1. The Hall–Kier alpha value is -3.60. The van der Waals surface area contributed by atoms with Crippen LogP contribution in [0.1, 0.15) is 28.9 Å². The van der Waals surface area contributed by atoms with Gasteiger partial charge in [0, 0.05) is 13.0 Å². The number of hydrogen-bond donors (Lipinski definition) is 1. The number of rotatable bonds is 10. The Balaban J connectivity index is 1.34. The molecule has 0 spiro atoms. The van der Waals surface area contributed by atoms with E-state index in [9.17, 15) is 4.79 Å². The molecular formula is C28H31N3O2. The molecule has 0 radical (unpaired) electrons. The summed E-state index contributed by atoms with van der Waals surface area (Å²) in [5.41, 5.74) is 5.46. The molecule has 33 heavy (non-hydrogen) atoms. The number of amides is 1. The van der Waals surface area contributed by atoms with Crippen molar-refractivity contribution in [3.8, 4) is 5.75 Å². The second-order valence-corrected chi connectivity index (χ2v) is 8.34. The molecule has 4 rings (SSSR count). The SMILES string of the molecule is Cc1ccccc1CC(=O)NCCCc1nc2ccccc2n1CCOc1ccccc1C. The predicted molar refractivity (Wildman–Crippen MR) is 133 cm³/mol. The van der Waals surface area contributed by atoms with E-state index in [-0.39, 0.29) is 5.91 Å². The van der Waals surface area contributed by atoms with E-state index in [4.69, 9.17) is 9.72 Å². The van der Waals surface area contributed by atoms with Crippen molar-refractivity contribution in [3.05, 3.63) is 95.3 Å². The summed E-state index contributed by atoms with van der Waals surface area (Å²) in [6, 6.07) is 24.3. The van der Waals surface area contributed by atoms with Crippen LogP contribution in [0, 0.1) is 13.8 Å². The van der Waals surface area contributed by atoms with Gasteiger partial charge in [0.25, 0.3) is 0 Å². The van der Waals surface area contributed by atoms with E-state index in [1.807, 2.05) is 67.6 Å². The van der Waals surface area contributed by atoms with Gasteiger partial charge in [-0.2, -0.15) is 0 Å². The number of nitrogens with zero attached hydrogens (tertiary/aromatic N) is 2. The molecule has 1 N–H and O–H groups in total. The molecule has 0 aliphatic heterocycles. The third-order valence-electron chi connectivity index (χ3n) is 5.91. The Bertz CT molecular complexity index is 1230. The van der Waals surface area contributed by atoms with Crippen molar-refractivity contribution < 1.29 is 9.53 Å². The smallest absolute Gasteiger partial charge is 0.224 e. The summed E-state index contributed by atoms with van der Waals surface area (Å²) < 4.78 is 8.27. The third kappa shape index (κ3) is 5.80. The van der Waals surface area contributed by atoms with E-state index in [1.165, 1.54) is 0 Å². The van der Waals surface area contributed by atoms with Gasteiger partial charge in [0.05, 0.1) is 24.0 Å². The molecular weight excluding hydrogens is 410 g/mol. The molecule has 0 saturated carbocycles. The highest BCUT2D eigenvalue weighted by Crippen LogP contribution is 2.19. The van der Waals surface area contributed by atoms with E-state index < -0.39 is 0 Å². The van der Waals surface area contributed by atoms with Crippen molar-refractivity contribution in [2.75, 3.05) is 13.2 Å². The molecule has 0 aliphatic carbocycles. The largest absolute Gasteiger partial charge is 0.491 e. The van der Waals surface area contributed by atoms with Crippen LogP contribution in [-0.2, 0) is 24.2 Å². The summed E-state index contributed by atoms with van der Waals surface area (Å²) in [7, 11) is 0. The highest BCUT2D eigenvalue weighted by atomic mass is 16.5. The Morgan fingerprint density at radius 3 is 2.48 bits per heavy atom. The van der Waals surface area contributed by atoms with Crippen molar-refractivity contribution >= 4 is 16.9 Å². The summed E-state index contributed by atoms with van der Waals surface area (Å²) in [6.07, 6.45) is 2.05. The molecule has 1 heterocycles.